The van der Waals surface area contributed by atoms with E-state index in [1.807, 2.05) is 0 Å². The molecule has 1 aromatic carbocycles. The molecule has 1 aromatic rings. The Kier molecular flexibility index (Phi) is 2.60. The molecular weight excluding hydrogens is 170 g/mol. The van der Waals surface area contributed by atoms with Crippen LogP contribution in [0.3, 0.4) is 0 Å². The van der Waals surface area contributed by atoms with Crippen LogP contribution in [0.15, 0.2) is 18.2 Å². The van der Waals surface area contributed by atoms with Gasteiger partial charge >= 0.3 is 0 Å². The largest absolute Gasteiger partial charge is 0.330 e. The maximum Gasteiger partial charge on any atom is -0.00714 e. The quantitative estimate of drug-likeness (QED) is 0.760. The molecular formula is C13H19N. The molecule has 0 aromatic heterocycles. The van der Waals surface area contributed by atoms with Gasteiger partial charge in [0.15, 0.2) is 0 Å². The summed E-state index contributed by atoms with van der Waals surface area (Å²) in [6, 6.07) is 6.87. The van der Waals surface area contributed by atoms with Gasteiger partial charge in [-0.1, -0.05) is 30.7 Å². The van der Waals surface area contributed by atoms with E-state index in [0.717, 1.165) is 18.9 Å². The minimum Gasteiger partial charge on any atom is -0.330 e. The van der Waals surface area contributed by atoms with Gasteiger partial charge in [0.05, 0.1) is 0 Å². The number of nitrogens with two attached hydrogens (primary N) is 1. The van der Waals surface area contributed by atoms with Crippen molar-refractivity contribution in [2.75, 3.05) is 6.54 Å². The summed E-state index contributed by atoms with van der Waals surface area (Å²) < 4.78 is 0. The molecule has 0 aliphatic heterocycles. The summed E-state index contributed by atoms with van der Waals surface area (Å²) in [7, 11) is 0. The third-order valence-corrected chi connectivity index (χ3v) is 3.37. The van der Waals surface area contributed by atoms with Crippen LogP contribution in [0.25, 0.3) is 0 Å². The zero-order chi connectivity index (χ0) is 10.1. The van der Waals surface area contributed by atoms with Crippen LogP contribution in [0.5, 0.6) is 0 Å². The third kappa shape index (κ3) is 1.57. The lowest BCUT2D eigenvalue weighted by molar-refractivity contribution is 0.584. The average Bonchev–Trinajstić information content (AvgIpc) is 2.44. The molecule has 2 N–H and O–H groups in total. The first kappa shape index (κ1) is 9.72. The van der Waals surface area contributed by atoms with Crippen molar-refractivity contribution in [1.82, 2.24) is 0 Å². The van der Waals surface area contributed by atoms with Gasteiger partial charge in [-0.05, 0) is 49.3 Å². The van der Waals surface area contributed by atoms with Gasteiger partial charge < -0.3 is 5.73 Å². The average molecular weight is 189 g/mol. The van der Waals surface area contributed by atoms with Crippen LogP contribution >= 0.6 is 0 Å². The zero-order valence-corrected chi connectivity index (χ0v) is 9.09. The summed E-state index contributed by atoms with van der Waals surface area (Å²) in [6.45, 7) is 5.30. The summed E-state index contributed by atoms with van der Waals surface area (Å²) in [4.78, 5) is 0. The summed E-state index contributed by atoms with van der Waals surface area (Å²) in [6.07, 6.45) is 2.43. The van der Waals surface area contributed by atoms with Crippen molar-refractivity contribution in [2.45, 2.75) is 38.5 Å². The van der Waals surface area contributed by atoms with Crippen molar-refractivity contribution >= 4 is 0 Å². The molecule has 76 valence electrons. The van der Waals surface area contributed by atoms with E-state index in [9.17, 15) is 0 Å². The summed E-state index contributed by atoms with van der Waals surface area (Å²) in [5.41, 5.74) is 10.1. The van der Waals surface area contributed by atoms with Crippen LogP contribution in [0.2, 0.25) is 0 Å². The van der Waals surface area contributed by atoms with Crippen molar-refractivity contribution in [1.29, 1.82) is 0 Å². The van der Waals surface area contributed by atoms with E-state index in [1.165, 1.54) is 12.0 Å². The first-order valence-corrected chi connectivity index (χ1v) is 5.53. The van der Waals surface area contributed by atoms with Crippen LogP contribution in [0.4, 0.5) is 0 Å². The van der Waals surface area contributed by atoms with Crippen LogP contribution in [-0.2, 0) is 0 Å². The van der Waals surface area contributed by atoms with E-state index >= 15 is 0 Å². The molecule has 1 nitrogen and oxygen atoms in total. The van der Waals surface area contributed by atoms with E-state index in [0.29, 0.717) is 5.92 Å². The van der Waals surface area contributed by atoms with Gasteiger partial charge in [0.2, 0.25) is 0 Å². The van der Waals surface area contributed by atoms with Crippen LogP contribution < -0.4 is 5.73 Å². The normalized spacial score (nSPS) is 25.1. The summed E-state index contributed by atoms with van der Waals surface area (Å²) in [5, 5.41) is 0. The lowest BCUT2D eigenvalue weighted by atomic mass is 9.96. The smallest absolute Gasteiger partial charge is 0.00714 e. The molecule has 0 saturated heterocycles. The first-order chi connectivity index (χ1) is 6.72. The predicted octanol–water partition coefficient (Wildman–Crippen LogP) is 2.93. The zero-order valence-electron chi connectivity index (χ0n) is 9.09. The van der Waals surface area contributed by atoms with Crippen LogP contribution in [-0.4, -0.2) is 6.54 Å². The molecule has 1 heteroatoms. The summed E-state index contributed by atoms with van der Waals surface area (Å²) >= 11 is 0. The van der Waals surface area contributed by atoms with Gasteiger partial charge in [-0.15, -0.1) is 0 Å². The van der Waals surface area contributed by atoms with Gasteiger partial charge in [0, 0.05) is 0 Å². The number of fused-ring (bicyclic) bond motifs is 1. The Balaban J connectivity index is 2.35. The molecule has 0 spiro atoms. The van der Waals surface area contributed by atoms with E-state index in [2.05, 4.69) is 32.0 Å². The molecule has 0 heterocycles. The Morgan fingerprint density at radius 1 is 1.36 bits per heavy atom. The monoisotopic (exact) mass is 189 g/mol. The third-order valence-electron chi connectivity index (χ3n) is 3.37. The van der Waals surface area contributed by atoms with Crippen molar-refractivity contribution in [3.05, 3.63) is 34.9 Å². The highest BCUT2D eigenvalue weighted by Crippen LogP contribution is 2.43. The lowest BCUT2D eigenvalue weighted by Crippen LogP contribution is -2.04. The second-order valence-corrected chi connectivity index (χ2v) is 4.54. The Bertz CT molecular complexity index is 330. The minimum absolute atomic E-state index is 0.713. The van der Waals surface area contributed by atoms with E-state index in [1.54, 1.807) is 11.1 Å². The van der Waals surface area contributed by atoms with Gasteiger partial charge in [0.25, 0.3) is 0 Å². The van der Waals surface area contributed by atoms with E-state index < -0.39 is 0 Å². The molecule has 0 saturated carbocycles. The molecule has 0 fully saturated rings. The summed E-state index contributed by atoms with van der Waals surface area (Å²) in [5.74, 6) is 1.44. The molecule has 14 heavy (non-hydrogen) atoms. The van der Waals surface area contributed by atoms with E-state index in [4.69, 9.17) is 5.73 Å². The van der Waals surface area contributed by atoms with Gasteiger partial charge in [-0.3, -0.25) is 0 Å². The fourth-order valence-electron chi connectivity index (χ4n) is 2.65. The van der Waals surface area contributed by atoms with Gasteiger partial charge in [0.1, 0.15) is 0 Å². The van der Waals surface area contributed by atoms with Gasteiger partial charge in [-0.2, -0.15) is 0 Å². The fraction of sp³-hybridized carbons (Fsp3) is 0.538. The molecule has 1 aliphatic carbocycles. The fourth-order valence-corrected chi connectivity index (χ4v) is 2.65. The van der Waals surface area contributed by atoms with Crippen molar-refractivity contribution in [2.24, 2.45) is 5.73 Å². The standard InChI is InChI=1S/C13H19N/c1-9-3-4-12-10(2)8-11(5-6-14)13(12)7-9/h3-4,7,10-11H,5-6,8,14H2,1-2H3. The number of hydrogen-bond acceptors (Lipinski definition) is 1. The van der Waals surface area contributed by atoms with Crippen LogP contribution in [0.1, 0.15) is 48.3 Å². The Morgan fingerprint density at radius 2 is 2.14 bits per heavy atom. The maximum absolute atomic E-state index is 5.65. The minimum atomic E-state index is 0.713. The molecule has 1 aliphatic rings. The maximum atomic E-state index is 5.65. The molecule has 2 rings (SSSR count). The first-order valence-electron chi connectivity index (χ1n) is 5.53. The molecule has 0 amide bonds. The lowest BCUT2D eigenvalue weighted by Gasteiger charge is -2.10. The molecule has 0 bridgehead atoms. The van der Waals surface area contributed by atoms with E-state index in [-0.39, 0.29) is 0 Å². The van der Waals surface area contributed by atoms with Crippen molar-refractivity contribution in [3.8, 4) is 0 Å². The second kappa shape index (κ2) is 3.74. The topological polar surface area (TPSA) is 26.0 Å². The molecule has 2 unspecified atom stereocenters. The Hall–Kier alpha value is -0.820. The second-order valence-electron chi connectivity index (χ2n) is 4.54. The number of rotatable bonds is 2. The Labute approximate surface area is 86.3 Å². The number of hydrogen-bond donors (Lipinski definition) is 1. The predicted molar refractivity (Wildman–Crippen MR) is 60.6 cm³/mol. The number of benzene rings is 1. The van der Waals surface area contributed by atoms with Crippen molar-refractivity contribution in [3.63, 3.8) is 0 Å². The van der Waals surface area contributed by atoms with Crippen molar-refractivity contribution < 1.29 is 0 Å². The Morgan fingerprint density at radius 3 is 2.86 bits per heavy atom. The highest BCUT2D eigenvalue weighted by atomic mass is 14.5. The van der Waals surface area contributed by atoms with Crippen LogP contribution in [0, 0.1) is 6.92 Å². The SMILES string of the molecule is Cc1ccc2c(c1)C(CCN)CC2C. The van der Waals surface area contributed by atoms with Gasteiger partial charge in [-0.25, -0.2) is 0 Å². The molecule has 0 radical (unpaired) electrons. The highest BCUT2D eigenvalue weighted by molar-refractivity contribution is 5.40. The number of aryl methyl sites for hydroxylation is 1. The highest BCUT2D eigenvalue weighted by Gasteiger charge is 2.27. The molecule has 2 atom stereocenters.